The number of hydrogen-bond donors (Lipinski definition) is 0. The van der Waals surface area contributed by atoms with E-state index in [4.69, 9.17) is 18.9 Å². The molecule has 0 N–H and O–H groups in total. The molecule has 7 heteroatoms. The second-order valence-corrected chi connectivity index (χ2v) is 6.09. The summed E-state index contributed by atoms with van der Waals surface area (Å²) >= 11 is 0. The Labute approximate surface area is 149 Å². The Bertz CT molecular complexity index is 1050. The van der Waals surface area contributed by atoms with Crippen LogP contribution in [0.2, 0.25) is 0 Å². The van der Waals surface area contributed by atoms with Gasteiger partial charge in [-0.2, -0.15) is 10.2 Å². The second-order valence-electron chi connectivity index (χ2n) is 6.09. The molecule has 0 amide bonds. The Morgan fingerprint density at radius 3 is 2.46 bits per heavy atom. The van der Waals surface area contributed by atoms with Gasteiger partial charge in [0.2, 0.25) is 13.6 Å². The maximum Gasteiger partial charge on any atom is 0.231 e. The average molecular weight is 349 g/mol. The second kappa shape index (κ2) is 5.87. The molecule has 2 aliphatic rings. The van der Waals surface area contributed by atoms with Crippen molar-refractivity contribution in [3.8, 4) is 23.0 Å². The number of aromatic nitrogens is 1. The van der Waals surface area contributed by atoms with E-state index in [0.29, 0.717) is 18.0 Å². The quantitative estimate of drug-likeness (QED) is 0.660. The van der Waals surface area contributed by atoms with Crippen LogP contribution in [0.4, 0.5) is 5.69 Å². The number of aryl methyl sites for hydroxylation is 1. The lowest BCUT2D eigenvalue weighted by molar-refractivity contribution is 0.173. The van der Waals surface area contributed by atoms with Gasteiger partial charge in [0.25, 0.3) is 0 Å². The first kappa shape index (κ1) is 14.9. The molecule has 5 rings (SSSR count). The van der Waals surface area contributed by atoms with E-state index in [1.54, 1.807) is 0 Å². The summed E-state index contributed by atoms with van der Waals surface area (Å²) in [6, 6.07) is 11.5. The Morgan fingerprint density at radius 1 is 0.885 bits per heavy atom. The maximum absolute atomic E-state index is 5.46. The first-order valence-electron chi connectivity index (χ1n) is 8.23. The van der Waals surface area contributed by atoms with Crippen LogP contribution in [0.3, 0.4) is 0 Å². The number of rotatable bonds is 3. The maximum atomic E-state index is 5.46. The standard InChI is InChI=1S/C19H15N3O4/c1-11-4-15(13-6-18-19(26-10-25-18)7-14(13)21-11)22-20-8-12-2-3-16-17(5-12)24-9-23-16/h2-7H,8-10H2,1H3. The summed E-state index contributed by atoms with van der Waals surface area (Å²) in [6.07, 6.45) is 0. The topological polar surface area (TPSA) is 74.5 Å². The van der Waals surface area contributed by atoms with Gasteiger partial charge in [0.15, 0.2) is 23.0 Å². The highest BCUT2D eigenvalue weighted by Gasteiger charge is 2.17. The van der Waals surface area contributed by atoms with Crippen molar-refractivity contribution in [2.24, 2.45) is 10.2 Å². The Balaban J connectivity index is 1.46. The van der Waals surface area contributed by atoms with Gasteiger partial charge in [0, 0.05) is 17.1 Å². The minimum absolute atomic E-state index is 0.228. The summed E-state index contributed by atoms with van der Waals surface area (Å²) in [5.74, 6) is 2.92. The van der Waals surface area contributed by atoms with Crippen LogP contribution in [0.1, 0.15) is 11.3 Å². The molecule has 1 aromatic heterocycles. The van der Waals surface area contributed by atoms with Crippen molar-refractivity contribution >= 4 is 16.6 Å². The third-order valence-corrected chi connectivity index (χ3v) is 4.28. The lowest BCUT2D eigenvalue weighted by Crippen LogP contribution is -1.92. The molecular weight excluding hydrogens is 334 g/mol. The number of azo groups is 1. The lowest BCUT2D eigenvalue weighted by atomic mass is 10.1. The van der Waals surface area contributed by atoms with Gasteiger partial charge in [0.05, 0.1) is 17.7 Å². The van der Waals surface area contributed by atoms with E-state index in [2.05, 4.69) is 15.2 Å². The fourth-order valence-electron chi connectivity index (χ4n) is 3.04. The van der Waals surface area contributed by atoms with Crippen LogP contribution < -0.4 is 18.9 Å². The van der Waals surface area contributed by atoms with Gasteiger partial charge < -0.3 is 18.9 Å². The van der Waals surface area contributed by atoms with Crippen LogP contribution in [-0.4, -0.2) is 18.6 Å². The van der Waals surface area contributed by atoms with Gasteiger partial charge in [0.1, 0.15) is 0 Å². The summed E-state index contributed by atoms with van der Waals surface area (Å²) < 4.78 is 21.6. The van der Waals surface area contributed by atoms with E-state index in [0.717, 1.165) is 39.3 Å². The number of hydrogen-bond acceptors (Lipinski definition) is 7. The fraction of sp³-hybridized carbons (Fsp3) is 0.211. The Morgan fingerprint density at radius 2 is 1.62 bits per heavy atom. The molecule has 0 unspecified atom stereocenters. The van der Waals surface area contributed by atoms with Gasteiger partial charge in [-0.3, -0.25) is 4.98 Å². The number of ether oxygens (including phenoxy) is 4. The van der Waals surface area contributed by atoms with Gasteiger partial charge in [-0.15, -0.1) is 0 Å². The minimum Gasteiger partial charge on any atom is -0.454 e. The fourth-order valence-corrected chi connectivity index (χ4v) is 3.04. The molecule has 0 saturated carbocycles. The third kappa shape index (κ3) is 2.57. The molecule has 3 heterocycles. The summed E-state index contributed by atoms with van der Waals surface area (Å²) in [5, 5.41) is 9.66. The first-order chi connectivity index (χ1) is 12.8. The molecule has 26 heavy (non-hydrogen) atoms. The molecule has 0 radical (unpaired) electrons. The molecule has 0 spiro atoms. The molecule has 0 saturated heterocycles. The van der Waals surface area contributed by atoms with Gasteiger partial charge in [-0.25, -0.2) is 0 Å². The van der Waals surface area contributed by atoms with Crippen LogP contribution >= 0.6 is 0 Å². The van der Waals surface area contributed by atoms with Crippen LogP contribution in [-0.2, 0) is 6.54 Å². The zero-order chi connectivity index (χ0) is 17.5. The highest BCUT2D eigenvalue weighted by molar-refractivity contribution is 5.92. The van der Waals surface area contributed by atoms with Gasteiger partial charge >= 0.3 is 0 Å². The molecule has 0 aliphatic carbocycles. The normalized spacial score (nSPS) is 14.5. The van der Waals surface area contributed by atoms with Crippen LogP contribution in [0.5, 0.6) is 23.0 Å². The zero-order valence-electron chi connectivity index (χ0n) is 14.1. The van der Waals surface area contributed by atoms with Crippen molar-refractivity contribution in [2.75, 3.05) is 13.6 Å². The summed E-state index contributed by atoms with van der Waals surface area (Å²) in [4.78, 5) is 4.55. The van der Waals surface area contributed by atoms with Crippen LogP contribution in [0.15, 0.2) is 46.6 Å². The number of pyridine rings is 1. The zero-order valence-corrected chi connectivity index (χ0v) is 14.1. The summed E-state index contributed by atoms with van der Waals surface area (Å²) in [6.45, 7) is 2.87. The number of nitrogens with zero attached hydrogens (tertiary/aromatic N) is 3. The van der Waals surface area contributed by atoms with E-state index in [1.807, 2.05) is 43.3 Å². The highest BCUT2D eigenvalue weighted by Crippen LogP contribution is 2.39. The SMILES string of the molecule is Cc1cc(N=NCc2ccc3c(c2)OCO3)c2cc3c(cc2n1)OCO3. The van der Waals surface area contributed by atoms with Crippen LogP contribution in [0.25, 0.3) is 10.9 Å². The van der Waals surface area contributed by atoms with Crippen molar-refractivity contribution in [3.63, 3.8) is 0 Å². The molecule has 2 aliphatic heterocycles. The number of fused-ring (bicyclic) bond motifs is 3. The summed E-state index contributed by atoms with van der Waals surface area (Å²) in [7, 11) is 0. The van der Waals surface area contributed by atoms with E-state index in [-0.39, 0.29) is 13.6 Å². The third-order valence-electron chi connectivity index (χ3n) is 4.28. The molecule has 0 fully saturated rings. The predicted molar refractivity (Wildman–Crippen MR) is 93.4 cm³/mol. The molecule has 0 bridgehead atoms. The van der Waals surface area contributed by atoms with Gasteiger partial charge in [-0.1, -0.05) is 6.07 Å². The van der Waals surface area contributed by atoms with E-state index in [1.165, 1.54) is 0 Å². The average Bonchev–Trinajstić information content (AvgIpc) is 3.28. The van der Waals surface area contributed by atoms with Crippen molar-refractivity contribution in [1.29, 1.82) is 0 Å². The smallest absolute Gasteiger partial charge is 0.231 e. The van der Waals surface area contributed by atoms with Crippen molar-refractivity contribution in [2.45, 2.75) is 13.5 Å². The van der Waals surface area contributed by atoms with E-state index < -0.39 is 0 Å². The Kier molecular flexibility index (Phi) is 3.38. The molecule has 2 aromatic carbocycles. The summed E-state index contributed by atoms with van der Waals surface area (Å²) in [5.41, 5.74) is 3.44. The molecular formula is C19H15N3O4. The number of benzene rings is 2. The van der Waals surface area contributed by atoms with Crippen LogP contribution in [0, 0.1) is 6.92 Å². The van der Waals surface area contributed by atoms with Gasteiger partial charge in [-0.05, 0) is 36.8 Å². The minimum atomic E-state index is 0.228. The Hall–Kier alpha value is -3.35. The van der Waals surface area contributed by atoms with E-state index >= 15 is 0 Å². The predicted octanol–water partition coefficient (Wildman–Crippen LogP) is 4.28. The van der Waals surface area contributed by atoms with E-state index in [9.17, 15) is 0 Å². The molecule has 130 valence electrons. The highest BCUT2D eigenvalue weighted by atomic mass is 16.7. The monoisotopic (exact) mass is 349 g/mol. The lowest BCUT2D eigenvalue weighted by Gasteiger charge is -2.05. The van der Waals surface area contributed by atoms with Crippen molar-refractivity contribution in [3.05, 3.63) is 47.7 Å². The molecule has 0 atom stereocenters. The molecule has 7 nitrogen and oxygen atoms in total. The van der Waals surface area contributed by atoms with Crippen molar-refractivity contribution in [1.82, 2.24) is 4.98 Å². The largest absolute Gasteiger partial charge is 0.454 e. The molecule has 3 aromatic rings. The van der Waals surface area contributed by atoms with Crippen molar-refractivity contribution < 1.29 is 18.9 Å². The first-order valence-corrected chi connectivity index (χ1v) is 8.23.